The van der Waals surface area contributed by atoms with Crippen LogP contribution in [-0.2, 0) is 9.59 Å². The van der Waals surface area contributed by atoms with E-state index in [1.165, 1.54) is 17.1 Å². The van der Waals surface area contributed by atoms with Crippen LogP contribution in [0.4, 0.5) is 4.79 Å². The molecule has 0 bridgehead atoms. The lowest BCUT2D eigenvalue weighted by Crippen LogP contribution is -2.48. The average molecular weight is 284 g/mol. The molecule has 0 radical (unpaired) electrons. The third-order valence-corrected chi connectivity index (χ3v) is 2.47. The maximum absolute atomic E-state index is 11.9. The van der Waals surface area contributed by atoms with Gasteiger partial charge in [-0.1, -0.05) is 12.2 Å². The van der Waals surface area contributed by atoms with E-state index in [9.17, 15) is 14.4 Å². The normalized spacial score (nSPS) is 11.2. The molecule has 7 heteroatoms. The summed E-state index contributed by atoms with van der Waals surface area (Å²) in [6.45, 7) is 7.55. The predicted octanol–water partition coefficient (Wildman–Crippen LogP) is 1.08. The maximum atomic E-state index is 11.9. The molecule has 0 aromatic heterocycles. The first-order valence-electron chi connectivity index (χ1n) is 6.14. The Hall–Kier alpha value is -2.31. The maximum Gasteiger partial charge on any atom is 0.326 e. The summed E-state index contributed by atoms with van der Waals surface area (Å²) in [4.78, 5) is 34.6. The lowest BCUT2D eigenvalue weighted by molar-refractivity contribution is -0.140. The van der Waals surface area contributed by atoms with Gasteiger partial charge in [0, 0.05) is 19.5 Å². The zero-order valence-electron chi connectivity index (χ0n) is 11.2. The first-order chi connectivity index (χ1) is 9.42. The standard InChI is InChI=1S/C13H20N2O5/c1-3-8-15(9-4-2)13(20)14-10(12(18)19)6-5-7-11(16)17/h3-4,10H,1-2,5-9H2,(H,14,20)(H,16,17)(H,18,19)/t10-/m1/s1. The molecule has 0 aliphatic heterocycles. The van der Waals surface area contributed by atoms with Crippen LogP contribution in [-0.4, -0.2) is 52.2 Å². The van der Waals surface area contributed by atoms with Gasteiger partial charge in [-0.15, -0.1) is 13.2 Å². The molecule has 0 aliphatic carbocycles. The predicted molar refractivity (Wildman–Crippen MR) is 73.4 cm³/mol. The first-order valence-corrected chi connectivity index (χ1v) is 6.14. The molecule has 0 aliphatic rings. The van der Waals surface area contributed by atoms with Gasteiger partial charge in [-0.25, -0.2) is 9.59 Å². The minimum atomic E-state index is -1.19. The molecule has 0 aromatic carbocycles. The van der Waals surface area contributed by atoms with Gasteiger partial charge in [-0.3, -0.25) is 4.79 Å². The Morgan fingerprint density at radius 3 is 2.10 bits per heavy atom. The van der Waals surface area contributed by atoms with Crippen molar-refractivity contribution in [3.63, 3.8) is 0 Å². The zero-order valence-corrected chi connectivity index (χ0v) is 11.2. The number of rotatable bonds is 10. The molecular formula is C13H20N2O5. The molecule has 0 unspecified atom stereocenters. The van der Waals surface area contributed by atoms with Gasteiger partial charge in [0.2, 0.25) is 0 Å². The van der Waals surface area contributed by atoms with Crippen LogP contribution < -0.4 is 5.32 Å². The second kappa shape index (κ2) is 9.60. The molecule has 3 N–H and O–H groups in total. The monoisotopic (exact) mass is 284 g/mol. The molecule has 112 valence electrons. The number of hydrogen-bond donors (Lipinski definition) is 3. The third kappa shape index (κ3) is 7.20. The lowest BCUT2D eigenvalue weighted by atomic mass is 10.1. The van der Waals surface area contributed by atoms with Crippen LogP contribution in [0.15, 0.2) is 25.3 Å². The summed E-state index contributed by atoms with van der Waals surface area (Å²) in [5.41, 5.74) is 0. The van der Waals surface area contributed by atoms with Crippen molar-refractivity contribution in [2.45, 2.75) is 25.3 Å². The quantitative estimate of drug-likeness (QED) is 0.520. The van der Waals surface area contributed by atoms with E-state index in [1.807, 2.05) is 0 Å². The van der Waals surface area contributed by atoms with Crippen molar-refractivity contribution in [1.82, 2.24) is 10.2 Å². The highest BCUT2D eigenvalue weighted by Gasteiger charge is 2.22. The number of carbonyl (C=O) groups excluding carboxylic acids is 1. The van der Waals surface area contributed by atoms with E-state index in [2.05, 4.69) is 18.5 Å². The molecule has 1 atom stereocenters. The van der Waals surface area contributed by atoms with Crippen LogP contribution in [0.2, 0.25) is 0 Å². The number of amides is 2. The smallest absolute Gasteiger partial charge is 0.326 e. The van der Waals surface area contributed by atoms with Crippen molar-refractivity contribution < 1.29 is 24.6 Å². The van der Waals surface area contributed by atoms with Gasteiger partial charge in [-0.2, -0.15) is 0 Å². The zero-order chi connectivity index (χ0) is 15.5. The highest BCUT2D eigenvalue weighted by Crippen LogP contribution is 2.03. The molecule has 7 nitrogen and oxygen atoms in total. The third-order valence-electron chi connectivity index (χ3n) is 2.47. The van der Waals surface area contributed by atoms with E-state index in [0.29, 0.717) is 0 Å². The second-order valence-corrected chi connectivity index (χ2v) is 4.11. The van der Waals surface area contributed by atoms with Gasteiger partial charge in [0.05, 0.1) is 0 Å². The average Bonchev–Trinajstić information content (AvgIpc) is 2.36. The topological polar surface area (TPSA) is 107 Å². The van der Waals surface area contributed by atoms with E-state index in [1.54, 1.807) is 0 Å². The molecule has 0 spiro atoms. The largest absolute Gasteiger partial charge is 0.481 e. The van der Waals surface area contributed by atoms with Crippen molar-refractivity contribution in [2.24, 2.45) is 0 Å². The molecule has 0 fully saturated rings. The number of carboxylic acids is 2. The lowest BCUT2D eigenvalue weighted by Gasteiger charge is -2.22. The molecule has 0 rings (SSSR count). The minimum absolute atomic E-state index is 0.0589. The first kappa shape index (κ1) is 17.7. The van der Waals surface area contributed by atoms with E-state index in [0.717, 1.165) is 0 Å². The van der Waals surface area contributed by atoms with Crippen molar-refractivity contribution in [3.8, 4) is 0 Å². The molecule has 0 saturated heterocycles. The molecule has 20 heavy (non-hydrogen) atoms. The van der Waals surface area contributed by atoms with Gasteiger partial charge >= 0.3 is 18.0 Å². The number of carboxylic acid groups (broad SMARTS) is 2. The number of urea groups is 1. The number of hydrogen-bond acceptors (Lipinski definition) is 3. The van der Waals surface area contributed by atoms with E-state index in [-0.39, 0.29) is 32.4 Å². The fourth-order valence-electron chi connectivity index (χ4n) is 1.51. The van der Waals surface area contributed by atoms with Crippen molar-refractivity contribution in [3.05, 3.63) is 25.3 Å². The van der Waals surface area contributed by atoms with E-state index >= 15 is 0 Å². The Balaban J connectivity index is 4.51. The summed E-state index contributed by atoms with van der Waals surface area (Å²) in [5, 5.41) is 19.9. The minimum Gasteiger partial charge on any atom is -0.481 e. The molecule has 0 aromatic rings. The van der Waals surface area contributed by atoms with Crippen LogP contribution >= 0.6 is 0 Å². The number of nitrogens with one attached hydrogen (secondary N) is 1. The Morgan fingerprint density at radius 1 is 1.15 bits per heavy atom. The Kier molecular flexibility index (Phi) is 8.49. The van der Waals surface area contributed by atoms with Crippen LogP contribution in [0.1, 0.15) is 19.3 Å². The van der Waals surface area contributed by atoms with Gasteiger partial charge < -0.3 is 20.4 Å². The Morgan fingerprint density at radius 2 is 1.70 bits per heavy atom. The molecule has 0 heterocycles. The van der Waals surface area contributed by atoms with Crippen LogP contribution in [0, 0.1) is 0 Å². The van der Waals surface area contributed by atoms with Crippen molar-refractivity contribution >= 4 is 18.0 Å². The summed E-state index contributed by atoms with van der Waals surface area (Å²) in [7, 11) is 0. The van der Waals surface area contributed by atoms with Gasteiger partial charge in [0.25, 0.3) is 0 Å². The van der Waals surface area contributed by atoms with Crippen molar-refractivity contribution in [2.75, 3.05) is 13.1 Å². The molecular weight excluding hydrogens is 264 g/mol. The van der Waals surface area contributed by atoms with E-state index in [4.69, 9.17) is 10.2 Å². The number of nitrogens with zero attached hydrogens (tertiary/aromatic N) is 1. The highest BCUT2D eigenvalue weighted by atomic mass is 16.4. The number of carbonyl (C=O) groups is 3. The summed E-state index contributed by atoms with van der Waals surface area (Å²) in [6, 6.07) is -1.66. The van der Waals surface area contributed by atoms with Gasteiger partial charge in [0.1, 0.15) is 6.04 Å². The van der Waals surface area contributed by atoms with Crippen molar-refractivity contribution in [1.29, 1.82) is 0 Å². The van der Waals surface area contributed by atoms with Crippen LogP contribution in [0.25, 0.3) is 0 Å². The molecule has 0 saturated carbocycles. The number of aliphatic carboxylic acids is 2. The SMILES string of the molecule is C=CCN(CC=C)C(=O)N[C@H](CCCC(=O)O)C(=O)O. The summed E-state index contributed by atoms with van der Waals surface area (Å²) >= 11 is 0. The summed E-state index contributed by atoms with van der Waals surface area (Å²) < 4.78 is 0. The van der Waals surface area contributed by atoms with Gasteiger partial charge in [-0.05, 0) is 12.8 Å². The fraction of sp³-hybridized carbons (Fsp3) is 0.462. The highest BCUT2D eigenvalue weighted by molar-refractivity contribution is 5.82. The van der Waals surface area contributed by atoms with Gasteiger partial charge in [0.15, 0.2) is 0 Å². The van der Waals surface area contributed by atoms with Crippen LogP contribution in [0.5, 0.6) is 0 Å². The second-order valence-electron chi connectivity index (χ2n) is 4.11. The fourth-order valence-corrected chi connectivity index (χ4v) is 1.51. The summed E-state index contributed by atoms with van der Waals surface area (Å²) in [6.07, 6.45) is 3.13. The Bertz CT molecular complexity index is 371. The van der Waals surface area contributed by atoms with Crippen LogP contribution in [0.3, 0.4) is 0 Å². The molecule has 2 amide bonds. The van der Waals surface area contributed by atoms with E-state index < -0.39 is 24.0 Å². The summed E-state index contributed by atoms with van der Waals surface area (Å²) in [5.74, 6) is -2.19. The Labute approximate surface area is 117 Å².